The van der Waals surface area contributed by atoms with Crippen molar-refractivity contribution in [2.24, 2.45) is 0 Å². The van der Waals surface area contributed by atoms with E-state index in [4.69, 9.17) is 14.3 Å². The number of carbonyl (C=O) groups is 2. The Hall–Kier alpha value is -2.90. The fraction of sp³-hybridized carbons (Fsp3) is 0.263. The minimum Gasteiger partial charge on any atom is -0.503 e. The van der Waals surface area contributed by atoms with Crippen LogP contribution in [0.5, 0.6) is 0 Å². The summed E-state index contributed by atoms with van der Waals surface area (Å²) in [5, 5.41) is 19.2. The van der Waals surface area contributed by atoms with Crippen LogP contribution in [0.2, 0.25) is 0 Å². The molecule has 2 N–H and O–H groups in total. The lowest BCUT2D eigenvalue weighted by atomic mass is 9.95. The SMILES string of the molecule is O=C(C1=C(O)C(=O)N(CCOCCO)[C@H]1c1ccccc1)c1ccco1. The number of carbonyl (C=O) groups excluding carboxylic acids is 2. The van der Waals surface area contributed by atoms with Gasteiger partial charge in [0.15, 0.2) is 11.5 Å². The third kappa shape index (κ3) is 3.40. The number of hydrogen-bond acceptors (Lipinski definition) is 6. The van der Waals surface area contributed by atoms with Gasteiger partial charge in [-0.15, -0.1) is 0 Å². The van der Waals surface area contributed by atoms with Gasteiger partial charge in [0.2, 0.25) is 5.78 Å². The number of aliphatic hydroxyl groups excluding tert-OH is 2. The van der Waals surface area contributed by atoms with Crippen LogP contribution in [0.4, 0.5) is 0 Å². The normalized spacial score (nSPS) is 17.2. The molecule has 7 nitrogen and oxygen atoms in total. The van der Waals surface area contributed by atoms with E-state index >= 15 is 0 Å². The molecule has 7 heteroatoms. The maximum Gasteiger partial charge on any atom is 0.290 e. The van der Waals surface area contributed by atoms with Crippen molar-refractivity contribution in [1.29, 1.82) is 0 Å². The third-order valence-corrected chi connectivity index (χ3v) is 4.12. The first kappa shape index (κ1) is 17.9. The molecule has 26 heavy (non-hydrogen) atoms. The highest BCUT2D eigenvalue weighted by Gasteiger charge is 2.44. The van der Waals surface area contributed by atoms with E-state index in [9.17, 15) is 14.7 Å². The van der Waals surface area contributed by atoms with Gasteiger partial charge in [0.05, 0.1) is 37.7 Å². The van der Waals surface area contributed by atoms with E-state index in [0.717, 1.165) is 0 Å². The number of ketones is 1. The molecule has 2 aromatic rings. The number of hydrogen-bond donors (Lipinski definition) is 2. The molecular formula is C19H19NO6. The molecule has 0 spiro atoms. The second-order valence-electron chi connectivity index (χ2n) is 5.72. The van der Waals surface area contributed by atoms with Gasteiger partial charge >= 0.3 is 0 Å². The minimum atomic E-state index is -0.737. The number of nitrogens with zero attached hydrogens (tertiary/aromatic N) is 1. The number of rotatable bonds is 8. The van der Waals surface area contributed by atoms with Gasteiger partial charge < -0.3 is 24.3 Å². The number of amides is 1. The molecule has 1 atom stereocenters. The maximum absolute atomic E-state index is 12.8. The van der Waals surface area contributed by atoms with Crippen molar-refractivity contribution in [2.45, 2.75) is 6.04 Å². The van der Waals surface area contributed by atoms with Crippen molar-refractivity contribution >= 4 is 11.7 Å². The molecule has 1 amide bonds. The average Bonchev–Trinajstić information content (AvgIpc) is 3.28. The number of aliphatic hydroxyl groups is 2. The summed E-state index contributed by atoms with van der Waals surface area (Å²) < 4.78 is 10.4. The second kappa shape index (κ2) is 7.99. The molecule has 136 valence electrons. The molecule has 1 aromatic heterocycles. The first-order valence-corrected chi connectivity index (χ1v) is 8.21. The van der Waals surface area contributed by atoms with Gasteiger partial charge in [-0.2, -0.15) is 0 Å². The standard InChI is InChI=1S/C19H19NO6/c21-9-12-25-11-8-20-16(13-5-2-1-3-6-13)15(18(23)19(20)24)17(22)14-7-4-10-26-14/h1-7,10,16,21,23H,8-9,11-12H2/t16-/m0/s1. The van der Waals surface area contributed by atoms with Gasteiger partial charge in [0.1, 0.15) is 0 Å². The van der Waals surface area contributed by atoms with Crippen molar-refractivity contribution in [1.82, 2.24) is 4.90 Å². The fourth-order valence-electron chi connectivity index (χ4n) is 2.97. The Morgan fingerprint density at radius 2 is 1.92 bits per heavy atom. The zero-order valence-electron chi connectivity index (χ0n) is 14.0. The number of Topliss-reactive ketones (excluding diaryl/α,β-unsaturated/α-hetero) is 1. The Morgan fingerprint density at radius 1 is 1.15 bits per heavy atom. The molecule has 0 saturated heterocycles. The topological polar surface area (TPSA) is 100 Å². The number of ether oxygens (including phenoxy) is 1. The molecule has 1 aromatic carbocycles. The molecule has 0 bridgehead atoms. The Labute approximate surface area is 150 Å². The lowest BCUT2D eigenvalue weighted by Gasteiger charge is -2.26. The maximum atomic E-state index is 12.8. The summed E-state index contributed by atoms with van der Waals surface area (Å²) in [6.45, 7) is 0.361. The molecular weight excluding hydrogens is 338 g/mol. The third-order valence-electron chi connectivity index (χ3n) is 4.12. The summed E-state index contributed by atoms with van der Waals surface area (Å²) in [7, 11) is 0. The van der Waals surface area contributed by atoms with Gasteiger partial charge in [-0.1, -0.05) is 30.3 Å². The van der Waals surface area contributed by atoms with Crippen molar-refractivity contribution in [3.05, 3.63) is 71.4 Å². The number of benzene rings is 1. The molecule has 0 unspecified atom stereocenters. The highest BCUT2D eigenvalue weighted by atomic mass is 16.5. The lowest BCUT2D eigenvalue weighted by molar-refractivity contribution is -0.130. The van der Waals surface area contributed by atoms with Crippen LogP contribution in [0, 0.1) is 0 Å². The summed E-state index contributed by atoms with van der Waals surface area (Å²) >= 11 is 0. The van der Waals surface area contributed by atoms with Crippen LogP contribution in [-0.2, 0) is 9.53 Å². The zero-order chi connectivity index (χ0) is 18.5. The Kier molecular flexibility index (Phi) is 5.50. The monoisotopic (exact) mass is 357 g/mol. The summed E-state index contributed by atoms with van der Waals surface area (Å²) in [5.74, 6) is -1.70. The first-order valence-electron chi connectivity index (χ1n) is 8.21. The smallest absolute Gasteiger partial charge is 0.290 e. The van der Waals surface area contributed by atoms with E-state index in [2.05, 4.69) is 0 Å². The summed E-state index contributed by atoms with van der Waals surface area (Å²) in [6, 6.07) is 11.3. The molecule has 0 aliphatic carbocycles. The van der Waals surface area contributed by atoms with Crippen LogP contribution in [0.3, 0.4) is 0 Å². The highest BCUT2D eigenvalue weighted by Crippen LogP contribution is 2.38. The van der Waals surface area contributed by atoms with Crippen molar-refractivity contribution < 1.29 is 29.0 Å². The van der Waals surface area contributed by atoms with Crippen LogP contribution < -0.4 is 0 Å². The Morgan fingerprint density at radius 3 is 2.58 bits per heavy atom. The molecule has 1 aliphatic heterocycles. The summed E-state index contributed by atoms with van der Waals surface area (Å²) in [5.41, 5.74) is 0.681. The molecule has 1 aliphatic rings. The van der Waals surface area contributed by atoms with Crippen molar-refractivity contribution in [3.63, 3.8) is 0 Å². The molecule has 0 saturated carbocycles. The molecule has 0 fully saturated rings. The Balaban J connectivity index is 1.95. The predicted octanol–water partition coefficient (Wildman–Crippen LogP) is 1.87. The van der Waals surface area contributed by atoms with Crippen LogP contribution in [0.25, 0.3) is 0 Å². The highest BCUT2D eigenvalue weighted by molar-refractivity contribution is 6.14. The van der Waals surface area contributed by atoms with E-state index < -0.39 is 23.5 Å². The number of furan rings is 1. The molecule has 0 radical (unpaired) electrons. The van der Waals surface area contributed by atoms with Gasteiger partial charge in [-0.3, -0.25) is 9.59 Å². The summed E-state index contributed by atoms with van der Waals surface area (Å²) in [4.78, 5) is 26.8. The van der Waals surface area contributed by atoms with E-state index in [0.29, 0.717) is 5.56 Å². The minimum absolute atomic E-state index is 0.0155. The van der Waals surface area contributed by atoms with Crippen molar-refractivity contribution in [2.75, 3.05) is 26.4 Å². The van der Waals surface area contributed by atoms with E-state index in [1.54, 1.807) is 30.3 Å². The van der Waals surface area contributed by atoms with Gasteiger partial charge in [0.25, 0.3) is 5.91 Å². The van der Waals surface area contributed by atoms with Gasteiger partial charge in [-0.25, -0.2) is 0 Å². The van der Waals surface area contributed by atoms with Gasteiger partial charge in [-0.05, 0) is 17.7 Å². The quantitative estimate of drug-likeness (QED) is 0.553. The van der Waals surface area contributed by atoms with Crippen LogP contribution in [-0.4, -0.2) is 53.2 Å². The van der Waals surface area contributed by atoms with Crippen LogP contribution in [0.15, 0.2) is 64.5 Å². The first-order chi connectivity index (χ1) is 12.6. The lowest BCUT2D eigenvalue weighted by Crippen LogP contribution is -2.34. The zero-order valence-corrected chi connectivity index (χ0v) is 14.0. The van der Waals surface area contributed by atoms with Crippen LogP contribution >= 0.6 is 0 Å². The van der Waals surface area contributed by atoms with E-state index in [1.165, 1.54) is 17.2 Å². The second-order valence-corrected chi connectivity index (χ2v) is 5.72. The fourth-order valence-corrected chi connectivity index (χ4v) is 2.97. The average molecular weight is 357 g/mol. The Bertz CT molecular complexity index is 797. The molecule has 3 rings (SSSR count). The van der Waals surface area contributed by atoms with E-state index in [-0.39, 0.29) is 37.7 Å². The summed E-state index contributed by atoms with van der Waals surface area (Å²) in [6.07, 6.45) is 1.36. The van der Waals surface area contributed by atoms with Crippen LogP contribution in [0.1, 0.15) is 22.2 Å². The molecule has 2 heterocycles. The largest absolute Gasteiger partial charge is 0.503 e. The van der Waals surface area contributed by atoms with Crippen molar-refractivity contribution in [3.8, 4) is 0 Å². The van der Waals surface area contributed by atoms with E-state index in [1.807, 2.05) is 6.07 Å². The van der Waals surface area contributed by atoms with Gasteiger partial charge in [0, 0.05) is 6.54 Å². The predicted molar refractivity (Wildman–Crippen MR) is 91.5 cm³/mol.